The van der Waals surface area contributed by atoms with E-state index in [4.69, 9.17) is 14.7 Å². The molecular formula is C28H26N2O4. The predicted octanol–water partition coefficient (Wildman–Crippen LogP) is 6.37. The fourth-order valence-electron chi connectivity index (χ4n) is 4.91. The Labute approximate surface area is 198 Å². The maximum Gasteiger partial charge on any atom is 0.172 e. The molecule has 5 rings (SSSR count). The quantitative estimate of drug-likeness (QED) is 0.243. The Balaban J connectivity index is 1.84. The Morgan fingerprint density at radius 3 is 2.50 bits per heavy atom. The average Bonchev–Trinajstić information content (AvgIpc) is 2.79. The number of oxime groups is 1. The lowest BCUT2D eigenvalue weighted by atomic mass is 9.82. The molecule has 0 amide bonds. The van der Waals surface area contributed by atoms with Crippen molar-refractivity contribution in [2.45, 2.75) is 26.3 Å². The van der Waals surface area contributed by atoms with Gasteiger partial charge in [-0.3, -0.25) is 0 Å². The lowest BCUT2D eigenvalue weighted by molar-refractivity contribution is 0.322. The Morgan fingerprint density at radius 1 is 1.00 bits per heavy atom. The van der Waals surface area contributed by atoms with E-state index in [-0.39, 0.29) is 11.3 Å². The topological polar surface area (TPSA) is 83.3 Å². The Kier molecular flexibility index (Phi) is 5.09. The van der Waals surface area contributed by atoms with E-state index in [0.717, 1.165) is 39.1 Å². The van der Waals surface area contributed by atoms with Crippen LogP contribution in [0.25, 0.3) is 28.5 Å². The summed E-state index contributed by atoms with van der Waals surface area (Å²) in [5, 5.41) is 26.4. The molecule has 3 aromatic carbocycles. The van der Waals surface area contributed by atoms with Crippen LogP contribution in [0.1, 0.15) is 43.0 Å². The number of phenolic OH excluding ortho intramolecular Hbond substituents is 1. The van der Waals surface area contributed by atoms with Gasteiger partial charge in [0.2, 0.25) is 0 Å². The van der Waals surface area contributed by atoms with Gasteiger partial charge in [-0.1, -0.05) is 41.6 Å². The lowest BCUT2D eigenvalue weighted by Crippen LogP contribution is -2.32. The number of nitrogens with one attached hydrogen (secondary N) is 1. The second-order valence-electron chi connectivity index (χ2n) is 9.06. The first-order valence-electron chi connectivity index (χ1n) is 11.0. The van der Waals surface area contributed by atoms with Crippen molar-refractivity contribution in [2.24, 2.45) is 5.16 Å². The highest BCUT2D eigenvalue weighted by Gasteiger charge is 2.33. The van der Waals surface area contributed by atoms with E-state index in [9.17, 15) is 5.11 Å². The summed E-state index contributed by atoms with van der Waals surface area (Å²) in [5.74, 6) is 1.67. The van der Waals surface area contributed by atoms with Crippen LogP contribution in [0.3, 0.4) is 0 Å². The summed E-state index contributed by atoms with van der Waals surface area (Å²) >= 11 is 0. The minimum Gasteiger partial charge on any atom is -0.504 e. The fraction of sp³-hybridized carbons (Fsp3) is 0.179. The van der Waals surface area contributed by atoms with Crippen molar-refractivity contribution < 1.29 is 19.8 Å². The van der Waals surface area contributed by atoms with Gasteiger partial charge in [0, 0.05) is 27.9 Å². The van der Waals surface area contributed by atoms with E-state index >= 15 is 0 Å². The van der Waals surface area contributed by atoms with E-state index in [1.807, 2.05) is 36.4 Å². The minimum absolute atomic E-state index is 0.0528. The molecule has 2 aliphatic heterocycles. The fourth-order valence-corrected chi connectivity index (χ4v) is 4.91. The smallest absolute Gasteiger partial charge is 0.172 e. The van der Waals surface area contributed by atoms with Crippen molar-refractivity contribution in [2.75, 3.05) is 12.4 Å². The summed E-state index contributed by atoms with van der Waals surface area (Å²) in [6.07, 6.45) is 5.56. The third-order valence-corrected chi connectivity index (χ3v) is 6.15. The average molecular weight is 455 g/mol. The maximum absolute atomic E-state index is 10.5. The van der Waals surface area contributed by atoms with Crippen LogP contribution in [-0.2, 0) is 0 Å². The summed E-state index contributed by atoms with van der Waals surface area (Å²) in [6.45, 7) is 6.36. The van der Waals surface area contributed by atoms with E-state index < -0.39 is 0 Å². The third-order valence-electron chi connectivity index (χ3n) is 6.15. The SMILES string of the molecule is COc1c(O)ccc2c1-c1ccc3c(c1C(=Cc1ccccc1C=NO)O2)C(C)=CC(C)(C)N3. The molecule has 0 radical (unpaired) electrons. The highest BCUT2D eigenvalue weighted by Crippen LogP contribution is 2.54. The number of hydrogen-bond donors (Lipinski definition) is 3. The normalized spacial score (nSPS) is 16.7. The van der Waals surface area contributed by atoms with Crippen molar-refractivity contribution in [3.63, 3.8) is 0 Å². The van der Waals surface area contributed by atoms with E-state index in [1.165, 1.54) is 6.21 Å². The van der Waals surface area contributed by atoms with Crippen LogP contribution in [0.15, 0.2) is 59.8 Å². The number of aromatic hydroxyl groups is 1. The zero-order valence-corrected chi connectivity index (χ0v) is 19.5. The molecule has 0 unspecified atom stereocenters. The second-order valence-corrected chi connectivity index (χ2v) is 9.06. The van der Waals surface area contributed by atoms with Gasteiger partial charge in [-0.25, -0.2) is 0 Å². The molecule has 6 heteroatoms. The Hall–Kier alpha value is -4.19. The summed E-state index contributed by atoms with van der Waals surface area (Å²) in [6, 6.07) is 15.0. The van der Waals surface area contributed by atoms with Crippen LogP contribution in [0, 0.1) is 0 Å². The second kappa shape index (κ2) is 7.99. The van der Waals surface area contributed by atoms with Gasteiger partial charge in [0.1, 0.15) is 11.5 Å². The standard InChI is InChI=1S/C28H26N2O4/c1-16-14-28(2,3)30-20-10-9-19-25(24(16)20)23(13-17-7-5-6-8-18(17)15-29-32)34-22-12-11-21(31)27(33-4)26(19)22/h5-15,30-32H,1-4H3. The van der Waals surface area contributed by atoms with Gasteiger partial charge >= 0.3 is 0 Å². The number of ether oxygens (including phenoxy) is 2. The number of rotatable bonds is 3. The Bertz CT molecular complexity index is 1400. The first-order chi connectivity index (χ1) is 16.3. The largest absolute Gasteiger partial charge is 0.504 e. The number of phenols is 1. The predicted molar refractivity (Wildman–Crippen MR) is 136 cm³/mol. The highest BCUT2D eigenvalue weighted by molar-refractivity contribution is 6.03. The van der Waals surface area contributed by atoms with Crippen LogP contribution in [-0.4, -0.2) is 29.2 Å². The van der Waals surface area contributed by atoms with Crippen LogP contribution < -0.4 is 14.8 Å². The summed E-state index contributed by atoms with van der Waals surface area (Å²) in [4.78, 5) is 0. The number of fused-ring (bicyclic) bond motifs is 5. The molecule has 2 aliphatic rings. The minimum atomic E-state index is -0.192. The van der Waals surface area contributed by atoms with Crippen LogP contribution in [0.4, 0.5) is 5.69 Å². The summed E-state index contributed by atoms with van der Waals surface area (Å²) in [7, 11) is 1.54. The third kappa shape index (κ3) is 3.48. The van der Waals surface area contributed by atoms with E-state index in [2.05, 4.69) is 43.4 Å². The number of benzene rings is 3. The first-order valence-corrected chi connectivity index (χ1v) is 11.0. The highest BCUT2D eigenvalue weighted by atomic mass is 16.5. The number of allylic oxidation sites excluding steroid dienone is 1. The van der Waals surface area contributed by atoms with Gasteiger partial charge in [0.15, 0.2) is 11.5 Å². The molecule has 0 fully saturated rings. The number of hydrogen-bond acceptors (Lipinski definition) is 6. The molecule has 3 N–H and O–H groups in total. The molecule has 0 spiro atoms. The zero-order chi connectivity index (χ0) is 24.0. The molecule has 172 valence electrons. The zero-order valence-electron chi connectivity index (χ0n) is 19.5. The molecule has 0 atom stereocenters. The van der Waals surface area contributed by atoms with Gasteiger partial charge in [-0.2, -0.15) is 0 Å². The first kappa shape index (κ1) is 21.6. The summed E-state index contributed by atoms with van der Waals surface area (Å²) < 4.78 is 12.1. The van der Waals surface area contributed by atoms with Crippen molar-refractivity contribution in [3.8, 4) is 28.4 Å². The number of anilines is 1. The molecule has 0 saturated heterocycles. The van der Waals surface area contributed by atoms with Gasteiger partial charge in [-0.15, -0.1) is 0 Å². The van der Waals surface area contributed by atoms with Gasteiger partial charge in [0.05, 0.1) is 24.4 Å². The van der Waals surface area contributed by atoms with Gasteiger partial charge < -0.3 is 25.1 Å². The molecular weight excluding hydrogens is 428 g/mol. The lowest BCUT2D eigenvalue weighted by Gasteiger charge is -2.35. The van der Waals surface area contributed by atoms with Crippen LogP contribution >= 0.6 is 0 Å². The van der Waals surface area contributed by atoms with Crippen molar-refractivity contribution >= 4 is 29.3 Å². The van der Waals surface area contributed by atoms with E-state index in [0.29, 0.717) is 22.8 Å². The van der Waals surface area contributed by atoms with Gasteiger partial charge in [-0.05, 0) is 56.2 Å². The van der Waals surface area contributed by atoms with Crippen molar-refractivity contribution in [1.82, 2.24) is 0 Å². The molecule has 3 aromatic rings. The van der Waals surface area contributed by atoms with Crippen molar-refractivity contribution in [3.05, 3.63) is 76.9 Å². The van der Waals surface area contributed by atoms with Gasteiger partial charge in [0.25, 0.3) is 0 Å². The van der Waals surface area contributed by atoms with Crippen LogP contribution in [0.2, 0.25) is 0 Å². The van der Waals surface area contributed by atoms with Crippen molar-refractivity contribution in [1.29, 1.82) is 0 Å². The molecule has 0 aliphatic carbocycles. The molecule has 34 heavy (non-hydrogen) atoms. The summed E-state index contributed by atoms with van der Waals surface area (Å²) in [5.41, 5.74) is 7.09. The number of methoxy groups -OCH3 is 1. The van der Waals surface area contributed by atoms with Crippen LogP contribution in [0.5, 0.6) is 17.2 Å². The monoisotopic (exact) mass is 454 g/mol. The maximum atomic E-state index is 10.5. The molecule has 6 nitrogen and oxygen atoms in total. The molecule has 0 bridgehead atoms. The Morgan fingerprint density at radius 2 is 1.76 bits per heavy atom. The number of nitrogens with zero attached hydrogens (tertiary/aromatic N) is 1. The molecule has 0 aromatic heterocycles. The molecule has 2 heterocycles. The molecule has 0 saturated carbocycles. The van der Waals surface area contributed by atoms with E-state index in [1.54, 1.807) is 19.2 Å².